The van der Waals surface area contributed by atoms with Gasteiger partial charge in [0.1, 0.15) is 17.3 Å². The van der Waals surface area contributed by atoms with Crippen LogP contribution < -0.4 is 4.74 Å². The number of aliphatic hydroxyl groups excluding tert-OH is 1. The summed E-state index contributed by atoms with van der Waals surface area (Å²) in [7, 11) is 0. The quantitative estimate of drug-likeness (QED) is 0.726. The summed E-state index contributed by atoms with van der Waals surface area (Å²) in [4.78, 5) is 12.4. The van der Waals surface area contributed by atoms with Crippen molar-refractivity contribution in [3.8, 4) is 5.88 Å². The highest BCUT2D eigenvalue weighted by molar-refractivity contribution is 7.25. The number of rotatable bonds is 4. The third-order valence-electron chi connectivity index (χ3n) is 5.96. The van der Waals surface area contributed by atoms with E-state index >= 15 is 0 Å². The number of aromatic nitrogens is 2. The fourth-order valence-corrected chi connectivity index (χ4v) is 5.46. The lowest BCUT2D eigenvalue weighted by atomic mass is 9.91. The Morgan fingerprint density at radius 2 is 1.96 bits per heavy atom. The minimum absolute atomic E-state index is 0.0305. The van der Waals surface area contributed by atoms with Crippen LogP contribution in [0, 0.1) is 0 Å². The highest BCUT2D eigenvalue weighted by atomic mass is 32.1. The van der Waals surface area contributed by atoms with E-state index in [0.29, 0.717) is 11.9 Å². The largest absolute Gasteiger partial charge is 0.474 e. The Hall–Kier alpha value is -1.80. The van der Waals surface area contributed by atoms with Crippen molar-refractivity contribution in [3.05, 3.63) is 30.1 Å². The summed E-state index contributed by atoms with van der Waals surface area (Å²) in [5.41, 5.74) is 0.896. The zero-order valence-electron chi connectivity index (χ0n) is 15.8. The zero-order valence-corrected chi connectivity index (χ0v) is 16.7. The summed E-state index contributed by atoms with van der Waals surface area (Å²) in [6.07, 6.45) is 6.23. The SMILES string of the molecule is OCc1ccc2sc3ncnc(O[C@H]4CC[C@H](N5CCOCC5)CC4)c3c2c1. The molecule has 1 saturated carbocycles. The van der Waals surface area contributed by atoms with E-state index in [4.69, 9.17) is 9.47 Å². The minimum Gasteiger partial charge on any atom is -0.474 e. The highest BCUT2D eigenvalue weighted by Crippen LogP contribution is 2.38. The average molecular weight is 400 g/mol. The summed E-state index contributed by atoms with van der Waals surface area (Å²) >= 11 is 1.64. The maximum atomic E-state index is 9.50. The first-order chi connectivity index (χ1) is 13.8. The second kappa shape index (κ2) is 7.91. The van der Waals surface area contributed by atoms with Crippen molar-refractivity contribution in [1.82, 2.24) is 14.9 Å². The predicted octanol–water partition coefficient (Wildman–Crippen LogP) is 3.36. The molecule has 148 valence electrons. The van der Waals surface area contributed by atoms with Crippen LogP contribution >= 0.6 is 11.3 Å². The fourth-order valence-electron chi connectivity index (χ4n) is 4.44. The van der Waals surface area contributed by atoms with Gasteiger partial charge in [0.05, 0.1) is 25.2 Å². The number of hydrogen-bond acceptors (Lipinski definition) is 7. The van der Waals surface area contributed by atoms with Crippen LogP contribution in [0.1, 0.15) is 31.2 Å². The van der Waals surface area contributed by atoms with E-state index in [2.05, 4.69) is 14.9 Å². The van der Waals surface area contributed by atoms with Crippen LogP contribution in [0.15, 0.2) is 24.5 Å². The Balaban J connectivity index is 1.35. The molecule has 5 rings (SSSR count). The fraction of sp³-hybridized carbons (Fsp3) is 0.524. The molecule has 3 heterocycles. The Morgan fingerprint density at radius 1 is 1.14 bits per heavy atom. The first-order valence-corrected chi connectivity index (χ1v) is 10.9. The van der Waals surface area contributed by atoms with Gasteiger partial charge >= 0.3 is 0 Å². The van der Waals surface area contributed by atoms with E-state index in [9.17, 15) is 5.11 Å². The van der Waals surface area contributed by atoms with Gasteiger partial charge in [-0.25, -0.2) is 9.97 Å². The van der Waals surface area contributed by atoms with Crippen LogP contribution in [0.4, 0.5) is 0 Å². The molecule has 0 bridgehead atoms. The van der Waals surface area contributed by atoms with Crippen molar-refractivity contribution in [2.45, 2.75) is 44.4 Å². The molecule has 1 N–H and O–H groups in total. The number of ether oxygens (including phenoxy) is 2. The lowest BCUT2D eigenvalue weighted by Gasteiger charge is -2.38. The van der Waals surface area contributed by atoms with Crippen LogP contribution in [-0.4, -0.2) is 58.4 Å². The molecule has 2 aromatic heterocycles. The van der Waals surface area contributed by atoms with Crippen molar-refractivity contribution in [2.24, 2.45) is 0 Å². The Bertz CT molecular complexity index is 962. The predicted molar refractivity (Wildman–Crippen MR) is 110 cm³/mol. The number of hydrogen-bond donors (Lipinski definition) is 1. The van der Waals surface area contributed by atoms with Gasteiger partial charge in [-0.2, -0.15) is 0 Å². The summed E-state index contributed by atoms with van der Waals surface area (Å²) in [5, 5.41) is 11.6. The van der Waals surface area contributed by atoms with Gasteiger partial charge in [0.25, 0.3) is 0 Å². The van der Waals surface area contributed by atoms with Crippen molar-refractivity contribution < 1.29 is 14.6 Å². The van der Waals surface area contributed by atoms with Crippen molar-refractivity contribution in [2.75, 3.05) is 26.3 Å². The molecule has 28 heavy (non-hydrogen) atoms. The van der Waals surface area contributed by atoms with Gasteiger partial charge in [-0.1, -0.05) is 6.07 Å². The van der Waals surface area contributed by atoms with Gasteiger partial charge in [0.15, 0.2) is 0 Å². The maximum absolute atomic E-state index is 9.50. The topological polar surface area (TPSA) is 67.7 Å². The van der Waals surface area contributed by atoms with Crippen LogP contribution in [0.25, 0.3) is 20.3 Å². The number of aliphatic hydroxyl groups is 1. The molecule has 1 aliphatic heterocycles. The van der Waals surface area contributed by atoms with Crippen LogP contribution in [0.5, 0.6) is 5.88 Å². The number of nitrogens with zero attached hydrogens (tertiary/aromatic N) is 3. The Morgan fingerprint density at radius 3 is 2.75 bits per heavy atom. The van der Waals surface area contributed by atoms with Crippen molar-refractivity contribution in [3.63, 3.8) is 0 Å². The molecule has 3 aromatic rings. The molecule has 0 radical (unpaired) electrons. The van der Waals surface area contributed by atoms with E-state index in [1.807, 2.05) is 18.2 Å². The molecular weight excluding hydrogens is 374 g/mol. The molecule has 0 atom stereocenters. The number of thiophene rings is 1. The van der Waals surface area contributed by atoms with Gasteiger partial charge in [-0.05, 0) is 43.4 Å². The van der Waals surface area contributed by atoms with Gasteiger partial charge in [0, 0.05) is 29.2 Å². The van der Waals surface area contributed by atoms with Crippen molar-refractivity contribution >= 4 is 31.6 Å². The molecule has 6 nitrogen and oxygen atoms in total. The minimum atomic E-state index is 0.0305. The number of fused-ring (bicyclic) bond motifs is 3. The molecule has 2 aliphatic rings. The lowest BCUT2D eigenvalue weighted by molar-refractivity contribution is -0.00125. The molecule has 7 heteroatoms. The molecular formula is C21H25N3O3S. The van der Waals surface area contributed by atoms with Gasteiger partial charge in [-0.3, -0.25) is 4.90 Å². The van der Waals surface area contributed by atoms with Gasteiger partial charge in [0.2, 0.25) is 5.88 Å². The Labute approximate surface area is 168 Å². The van der Waals surface area contributed by atoms with E-state index in [1.54, 1.807) is 17.7 Å². The van der Waals surface area contributed by atoms with Crippen molar-refractivity contribution in [1.29, 1.82) is 0 Å². The lowest BCUT2D eigenvalue weighted by Crippen LogP contribution is -2.46. The summed E-state index contributed by atoms with van der Waals surface area (Å²) in [6, 6.07) is 6.69. The molecule has 0 amide bonds. The van der Waals surface area contributed by atoms with Crippen LogP contribution in [0.2, 0.25) is 0 Å². The standard InChI is InChI=1S/C21H25N3O3S/c25-12-14-1-6-18-17(11-14)19-20(22-13-23-21(19)28-18)27-16-4-2-15(3-5-16)24-7-9-26-10-8-24/h1,6,11,13,15-16,25H,2-5,7-10,12H2/t15-,16-. The average Bonchev–Trinajstić information content (AvgIpc) is 3.13. The number of morpholine rings is 1. The zero-order chi connectivity index (χ0) is 18.9. The highest BCUT2D eigenvalue weighted by Gasteiger charge is 2.28. The summed E-state index contributed by atoms with van der Waals surface area (Å²) in [6.45, 7) is 3.85. The smallest absolute Gasteiger partial charge is 0.226 e. The Kier molecular flexibility index (Phi) is 5.15. The van der Waals surface area contributed by atoms with E-state index in [0.717, 1.165) is 77.9 Å². The first kappa shape index (κ1) is 18.2. The number of benzene rings is 1. The van der Waals surface area contributed by atoms with Crippen LogP contribution in [-0.2, 0) is 11.3 Å². The molecule has 0 unspecified atom stereocenters. The molecule has 1 saturated heterocycles. The van der Waals surface area contributed by atoms with Crippen LogP contribution in [0.3, 0.4) is 0 Å². The first-order valence-electron chi connectivity index (χ1n) is 10.1. The molecule has 2 fully saturated rings. The second-order valence-corrected chi connectivity index (χ2v) is 8.68. The summed E-state index contributed by atoms with van der Waals surface area (Å²) in [5.74, 6) is 0.682. The maximum Gasteiger partial charge on any atom is 0.226 e. The van der Waals surface area contributed by atoms with E-state index in [1.165, 1.54) is 0 Å². The van der Waals surface area contributed by atoms with Gasteiger partial charge < -0.3 is 14.6 Å². The van der Waals surface area contributed by atoms with E-state index in [-0.39, 0.29) is 12.7 Å². The third kappa shape index (κ3) is 3.48. The second-order valence-electron chi connectivity index (χ2n) is 7.65. The van der Waals surface area contributed by atoms with Gasteiger partial charge in [-0.15, -0.1) is 11.3 Å². The molecule has 0 spiro atoms. The normalized spacial score (nSPS) is 24.0. The summed E-state index contributed by atoms with van der Waals surface area (Å²) < 4.78 is 13.0. The third-order valence-corrected chi connectivity index (χ3v) is 7.04. The molecule has 1 aliphatic carbocycles. The van der Waals surface area contributed by atoms with E-state index < -0.39 is 0 Å². The molecule has 1 aromatic carbocycles. The monoisotopic (exact) mass is 399 g/mol.